The summed E-state index contributed by atoms with van der Waals surface area (Å²) in [6, 6.07) is 17.7. The lowest BCUT2D eigenvalue weighted by atomic mass is 10.1. The summed E-state index contributed by atoms with van der Waals surface area (Å²) in [5, 5.41) is 9.81. The van der Waals surface area contributed by atoms with Crippen molar-refractivity contribution < 1.29 is 19.1 Å². The fourth-order valence-corrected chi connectivity index (χ4v) is 2.38. The summed E-state index contributed by atoms with van der Waals surface area (Å²) < 4.78 is 10.6. The van der Waals surface area contributed by atoms with Crippen molar-refractivity contribution >= 4 is 11.9 Å². The number of carbonyl (C=O) groups excluding carboxylic acids is 1. The molecule has 0 amide bonds. The normalized spacial score (nSPS) is 10.8. The van der Waals surface area contributed by atoms with Crippen LogP contribution in [0.25, 0.3) is 6.08 Å². The number of para-hydroxylation sites is 1. The topological polar surface area (TPSA) is 76.7 Å². The molecule has 1 aromatic heterocycles. The minimum Gasteiger partial charge on any atom is -0.507 e. The van der Waals surface area contributed by atoms with Crippen LogP contribution in [0, 0.1) is 6.92 Å². The molecule has 0 bridgehead atoms. The van der Waals surface area contributed by atoms with E-state index >= 15 is 0 Å². The van der Waals surface area contributed by atoms with Gasteiger partial charge in [0.05, 0.1) is 0 Å². The highest BCUT2D eigenvalue weighted by Gasteiger charge is 2.15. The van der Waals surface area contributed by atoms with E-state index in [2.05, 4.69) is 0 Å². The lowest BCUT2D eigenvalue weighted by Gasteiger charge is -2.06. The molecule has 3 aromatic rings. The number of allylic oxidation sites excluding steroid dienone is 1. The summed E-state index contributed by atoms with van der Waals surface area (Å²) >= 11 is 0. The van der Waals surface area contributed by atoms with E-state index in [1.54, 1.807) is 30.3 Å². The monoisotopic (exact) mass is 348 g/mol. The van der Waals surface area contributed by atoms with Crippen LogP contribution in [0.1, 0.15) is 21.7 Å². The molecule has 0 aliphatic carbocycles. The van der Waals surface area contributed by atoms with Crippen molar-refractivity contribution in [3.63, 3.8) is 0 Å². The Hall–Kier alpha value is -3.60. The Morgan fingerprint density at radius 3 is 2.50 bits per heavy atom. The molecule has 0 aliphatic rings. The van der Waals surface area contributed by atoms with Crippen LogP contribution in [0.3, 0.4) is 0 Å². The van der Waals surface area contributed by atoms with E-state index in [0.717, 1.165) is 0 Å². The number of rotatable bonds is 5. The van der Waals surface area contributed by atoms with Gasteiger partial charge in [-0.1, -0.05) is 36.4 Å². The minimum absolute atomic E-state index is 0.235. The molecule has 0 saturated carbocycles. The summed E-state index contributed by atoms with van der Waals surface area (Å²) in [4.78, 5) is 24.0. The maximum Gasteiger partial charge on any atom is 0.351 e. The van der Waals surface area contributed by atoms with E-state index in [0.29, 0.717) is 17.1 Å². The van der Waals surface area contributed by atoms with Crippen molar-refractivity contribution in [2.45, 2.75) is 6.92 Å². The van der Waals surface area contributed by atoms with Crippen LogP contribution in [0.15, 0.2) is 76.0 Å². The highest BCUT2D eigenvalue weighted by atomic mass is 16.5. The summed E-state index contributed by atoms with van der Waals surface area (Å²) in [5.74, 6) is 0.523. The van der Waals surface area contributed by atoms with Gasteiger partial charge in [-0.15, -0.1) is 0 Å². The molecule has 2 aromatic carbocycles. The zero-order chi connectivity index (χ0) is 18.5. The predicted molar refractivity (Wildman–Crippen MR) is 97.7 cm³/mol. The maximum absolute atomic E-state index is 12.2. The van der Waals surface area contributed by atoms with Gasteiger partial charge in [0.2, 0.25) is 0 Å². The van der Waals surface area contributed by atoms with Crippen molar-refractivity contribution in [2.24, 2.45) is 0 Å². The van der Waals surface area contributed by atoms with Crippen LogP contribution in [-0.4, -0.2) is 10.9 Å². The molecule has 0 spiro atoms. The van der Waals surface area contributed by atoms with Gasteiger partial charge in [0, 0.05) is 6.07 Å². The third-order valence-electron chi connectivity index (χ3n) is 3.56. The van der Waals surface area contributed by atoms with Gasteiger partial charge in [0.25, 0.3) is 0 Å². The Labute approximate surface area is 149 Å². The first-order chi connectivity index (χ1) is 12.5. The summed E-state index contributed by atoms with van der Waals surface area (Å²) in [6.45, 7) is 1.52. The molecule has 26 heavy (non-hydrogen) atoms. The van der Waals surface area contributed by atoms with Gasteiger partial charge in [-0.2, -0.15) is 0 Å². The molecule has 0 unspecified atom stereocenters. The second kappa shape index (κ2) is 7.53. The molecule has 3 rings (SSSR count). The second-order valence-corrected chi connectivity index (χ2v) is 5.59. The van der Waals surface area contributed by atoms with E-state index in [1.807, 2.05) is 30.3 Å². The van der Waals surface area contributed by atoms with Crippen LogP contribution in [0.5, 0.6) is 17.2 Å². The lowest BCUT2D eigenvalue weighted by molar-refractivity contribution is 0.104. The molecule has 0 saturated heterocycles. The average molecular weight is 348 g/mol. The predicted octanol–water partition coefficient (Wildman–Crippen LogP) is 4.34. The van der Waals surface area contributed by atoms with E-state index < -0.39 is 17.2 Å². The number of hydrogen-bond donors (Lipinski definition) is 1. The first kappa shape index (κ1) is 17.2. The Balaban J connectivity index is 1.80. The fourth-order valence-electron chi connectivity index (χ4n) is 2.38. The molecule has 130 valence electrons. The van der Waals surface area contributed by atoms with Gasteiger partial charge in [-0.3, -0.25) is 4.79 Å². The Kier molecular flexibility index (Phi) is 4.99. The zero-order valence-corrected chi connectivity index (χ0v) is 14.0. The number of aromatic hydroxyl groups is 1. The van der Waals surface area contributed by atoms with Crippen LogP contribution in [0.2, 0.25) is 0 Å². The van der Waals surface area contributed by atoms with Gasteiger partial charge in [0.1, 0.15) is 28.6 Å². The molecule has 0 aliphatic heterocycles. The van der Waals surface area contributed by atoms with Crippen molar-refractivity contribution in [3.8, 4) is 17.2 Å². The first-order valence-corrected chi connectivity index (χ1v) is 7.92. The second-order valence-electron chi connectivity index (χ2n) is 5.59. The van der Waals surface area contributed by atoms with E-state index in [-0.39, 0.29) is 11.3 Å². The third kappa shape index (κ3) is 4.08. The van der Waals surface area contributed by atoms with E-state index in [9.17, 15) is 14.7 Å². The van der Waals surface area contributed by atoms with E-state index in [4.69, 9.17) is 9.15 Å². The van der Waals surface area contributed by atoms with Crippen LogP contribution in [-0.2, 0) is 0 Å². The number of ketones is 1. The standard InChI is InChI=1S/C21H16O5/c1-14-12-19(23)20(21(24)25-14)18(22)11-10-15-6-5-9-17(13-15)26-16-7-3-2-4-8-16/h2-13,23H,1H3/b11-10+. The molecule has 0 radical (unpaired) electrons. The Morgan fingerprint density at radius 2 is 1.77 bits per heavy atom. The molecule has 0 atom stereocenters. The van der Waals surface area contributed by atoms with Crippen LogP contribution < -0.4 is 10.4 Å². The highest BCUT2D eigenvalue weighted by molar-refractivity contribution is 6.08. The third-order valence-corrected chi connectivity index (χ3v) is 3.56. The van der Waals surface area contributed by atoms with Gasteiger partial charge < -0.3 is 14.3 Å². The molecular weight excluding hydrogens is 332 g/mol. The Morgan fingerprint density at radius 1 is 1.04 bits per heavy atom. The SMILES string of the molecule is Cc1cc(O)c(C(=O)/C=C/c2cccc(Oc3ccccc3)c2)c(=O)o1. The molecule has 0 fully saturated rings. The average Bonchev–Trinajstić information content (AvgIpc) is 2.60. The fraction of sp³-hybridized carbons (Fsp3) is 0.0476. The zero-order valence-electron chi connectivity index (χ0n) is 14.0. The quantitative estimate of drug-likeness (QED) is 0.548. The van der Waals surface area contributed by atoms with Gasteiger partial charge in [-0.05, 0) is 42.8 Å². The number of aryl methyl sites for hydroxylation is 1. The molecular formula is C21H16O5. The van der Waals surface area contributed by atoms with Crippen LogP contribution in [0.4, 0.5) is 0 Å². The largest absolute Gasteiger partial charge is 0.507 e. The summed E-state index contributed by atoms with van der Waals surface area (Å²) in [5.41, 5.74) is -0.537. The van der Waals surface area contributed by atoms with E-state index in [1.165, 1.54) is 19.1 Å². The van der Waals surface area contributed by atoms with Crippen LogP contribution >= 0.6 is 0 Å². The molecule has 1 N–H and O–H groups in total. The van der Waals surface area contributed by atoms with Crippen molar-refractivity contribution in [3.05, 3.63) is 94.0 Å². The number of ether oxygens (including phenoxy) is 1. The molecule has 5 nitrogen and oxygen atoms in total. The maximum atomic E-state index is 12.2. The van der Waals surface area contributed by atoms with Gasteiger partial charge >= 0.3 is 5.63 Å². The first-order valence-electron chi connectivity index (χ1n) is 7.92. The molecule has 5 heteroatoms. The summed E-state index contributed by atoms with van der Waals surface area (Å²) in [7, 11) is 0. The number of carbonyl (C=O) groups is 1. The summed E-state index contributed by atoms with van der Waals surface area (Å²) in [6.07, 6.45) is 2.75. The van der Waals surface area contributed by atoms with Crippen molar-refractivity contribution in [2.75, 3.05) is 0 Å². The van der Waals surface area contributed by atoms with Gasteiger partial charge in [-0.25, -0.2) is 4.79 Å². The minimum atomic E-state index is -0.863. The smallest absolute Gasteiger partial charge is 0.351 e. The van der Waals surface area contributed by atoms with Crippen molar-refractivity contribution in [1.29, 1.82) is 0 Å². The van der Waals surface area contributed by atoms with Crippen molar-refractivity contribution in [1.82, 2.24) is 0 Å². The van der Waals surface area contributed by atoms with Gasteiger partial charge in [0.15, 0.2) is 5.78 Å². The molecule has 1 heterocycles. The Bertz CT molecular complexity index is 1020. The highest BCUT2D eigenvalue weighted by Crippen LogP contribution is 2.22. The number of hydrogen-bond acceptors (Lipinski definition) is 5. The number of benzene rings is 2. The lowest BCUT2D eigenvalue weighted by Crippen LogP contribution is -2.12.